The minimum absolute atomic E-state index is 0. The lowest BCUT2D eigenvalue weighted by Gasteiger charge is -2.26. The molecule has 0 saturated carbocycles. The van der Waals surface area contributed by atoms with Gasteiger partial charge in [-0.2, -0.15) is 0 Å². The molecule has 4 nitrogen and oxygen atoms in total. The maximum Gasteiger partial charge on any atom is 0.248 e. The highest BCUT2D eigenvalue weighted by molar-refractivity contribution is 5.85. The van der Waals surface area contributed by atoms with E-state index in [1.54, 1.807) is 0 Å². The zero-order valence-corrected chi connectivity index (χ0v) is 11.0. The lowest BCUT2D eigenvalue weighted by Crippen LogP contribution is -2.39. The zero-order chi connectivity index (χ0) is 11.1. The number of carbonyl (C=O) groups excluding carboxylic acids is 1. The minimum atomic E-state index is 0. The van der Waals surface area contributed by atoms with Crippen LogP contribution in [0, 0.1) is 0 Å². The summed E-state index contributed by atoms with van der Waals surface area (Å²) in [6, 6.07) is 0.382. The van der Waals surface area contributed by atoms with Gasteiger partial charge in [0.25, 0.3) is 0 Å². The Morgan fingerprint density at radius 2 is 2.19 bits per heavy atom. The van der Waals surface area contributed by atoms with Crippen LogP contribution in [0.3, 0.4) is 0 Å². The molecule has 1 unspecified atom stereocenters. The van der Waals surface area contributed by atoms with Gasteiger partial charge in [0.2, 0.25) is 5.91 Å². The molecule has 0 radical (unpaired) electrons. The van der Waals surface area contributed by atoms with Crippen molar-refractivity contribution in [2.24, 2.45) is 0 Å². The van der Waals surface area contributed by atoms with Crippen LogP contribution in [-0.2, 0) is 9.53 Å². The topological polar surface area (TPSA) is 41.6 Å². The Morgan fingerprint density at radius 3 is 2.88 bits per heavy atom. The SMILES string of the molecule is CCOCC(=O)N(C)C1CCCNCC1.Cl. The molecule has 0 bridgehead atoms. The van der Waals surface area contributed by atoms with Crippen molar-refractivity contribution in [2.75, 3.05) is 33.4 Å². The quantitative estimate of drug-likeness (QED) is 0.811. The van der Waals surface area contributed by atoms with Crippen molar-refractivity contribution in [3.63, 3.8) is 0 Å². The maximum atomic E-state index is 11.7. The molecule has 0 aromatic heterocycles. The highest BCUT2D eigenvalue weighted by Gasteiger charge is 2.20. The summed E-state index contributed by atoms with van der Waals surface area (Å²) in [6.07, 6.45) is 3.30. The minimum Gasteiger partial charge on any atom is -0.372 e. The molecule has 0 aromatic rings. The fourth-order valence-electron chi connectivity index (χ4n) is 1.88. The summed E-state index contributed by atoms with van der Waals surface area (Å²) < 4.78 is 5.13. The molecule has 0 aromatic carbocycles. The van der Waals surface area contributed by atoms with Gasteiger partial charge in [-0.05, 0) is 39.3 Å². The van der Waals surface area contributed by atoms with Crippen LogP contribution in [0.15, 0.2) is 0 Å². The molecule has 1 rings (SSSR count). The summed E-state index contributed by atoms with van der Waals surface area (Å²) in [6.45, 7) is 4.81. The van der Waals surface area contributed by atoms with Gasteiger partial charge in [0.15, 0.2) is 0 Å². The van der Waals surface area contributed by atoms with Crippen molar-refractivity contribution < 1.29 is 9.53 Å². The van der Waals surface area contributed by atoms with E-state index in [0.29, 0.717) is 12.6 Å². The van der Waals surface area contributed by atoms with Gasteiger partial charge in [-0.1, -0.05) is 0 Å². The fourth-order valence-corrected chi connectivity index (χ4v) is 1.88. The van der Waals surface area contributed by atoms with Crippen LogP contribution < -0.4 is 5.32 Å². The molecule has 1 aliphatic heterocycles. The van der Waals surface area contributed by atoms with Gasteiger partial charge in [0.1, 0.15) is 6.61 Å². The van der Waals surface area contributed by atoms with Gasteiger partial charge in [0, 0.05) is 19.7 Å². The number of nitrogens with one attached hydrogen (secondary N) is 1. The van der Waals surface area contributed by atoms with Crippen molar-refractivity contribution >= 4 is 18.3 Å². The first kappa shape index (κ1) is 15.7. The van der Waals surface area contributed by atoms with Crippen molar-refractivity contribution in [3.05, 3.63) is 0 Å². The van der Waals surface area contributed by atoms with E-state index in [1.165, 1.54) is 0 Å². The predicted molar refractivity (Wildman–Crippen MR) is 67.0 cm³/mol. The Hall–Kier alpha value is -0.320. The molecule has 1 heterocycles. The number of hydrogen-bond acceptors (Lipinski definition) is 3. The van der Waals surface area contributed by atoms with E-state index >= 15 is 0 Å². The molecule has 1 N–H and O–H groups in total. The van der Waals surface area contributed by atoms with E-state index in [1.807, 2.05) is 18.9 Å². The summed E-state index contributed by atoms with van der Waals surface area (Å²) in [5, 5.41) is 3.34. The average Bonchev–Trinajstić information content (AvgIpc) is 2.53. The van der Waals surface area contributed by atoms with Crippen molar-refractivity contribution in [1.29, 1.82) is 0 Å². The van der Waals surface area contributed by atoms with Crippen molar-refractivity contribution in [3.8, 4) is 0 Å². The highest BCUT2D eigenvalue weighted by atomic mass is 35.5. The third-order valence-electron chi connectivity index (χ3n) is 2.92. The number of nitrogens with zero attached hydrogens (tertiary/aromatic N) is 1. The molecule has 96 valence electrons. The Bertz CT molecular complexity index is 194. The van der Waals surface area contributed by atoms with Crippen molar-refractivity contribution in [1.82, 2.24) is 10.2 Å². The van der Waals surface area contributed by atoms with E-state index in [9.17, 15) is 4.79 Å². The lowest BCUT2D eigenvalue weighted by atomic mass is 10.1. The third kappa shape index (κ3) is 5.14. The molecule has 16 heavy (non-hydrogen) atoms. The zero-order valence-electron chi connectivity index (χ0n) is 10.2. The van der Waals surface area contributed by atoms with Crippen LogP contribution >= 0.6 is 12.4 Å². The van der Waals surface area contributed by atoms with Crippen LogP contribution in [0.25, 0.3) is 0 Å². The molecule has 0 aliphatic carbocycles. The lowest BCUT2D eigenvalue weighted by molar-refractivity contribution is -0.136. The Labute approximate surface area is 104 Å². The molecule has 1 atom stereocenters. The molecule has 1 fully saturated rings. The number of carbonyl (C=O) groups is 1. The molecule has 1 amide bonds. The summed E-state index contributed by atoms with van der Waals surface area (Å²) in [7, 11) is 1.89. The smallest absolute Gasteiger partial charge is 0.248 e. The van der Waals surface area contributed by atoms with Crippen LogP contribution in [0.5, 0.6) is 0 Å². The van der Waals surface area contributed by atoms with Gasteiger partial charge in [-0.3, -0.25) is 4.79 Å². The van der Waals surface area contributed by atoms with E-state index < -0.39 is 0 Å². The van der Waals surface area contributed by atoms with Gasteiger partial charge in [-0.25, -0.2) is 0 Å². The largest absolute Gasteiger partial charge is 0.372 e. The summed E-state index contributed by atoms with van der Waals surface area (Å²) in [5.74, 6) is 0.101. The third-order valence-corrected chi connectivity index (χ3v) is 2.92. The number of ether oxygens (including phenoxy) is 1. The first-order valence-corrected chi connectivity index (χ1v) is 5.79. The number of rotatable bonds is 4. The van der Waals surface area contributed by atoms with Crippen LogP contribution in [-0.4, -0.2) is 50.2 Å². The number of hydrogen-bond donors (Lipinski definition) is 1. The van der Waals surface area contributed by atoms with Crippen LogP contribution in [0.4, 0.5) is 0 Å². The molecule has 5 heteroatoms. The second-order valence-electron chi connectivity index (χ2n) is 3.98. The summed E-state index contributed by atoms with van der Waals surface area (Å²) in [4.78, 5) is 13.5. The maximum absolute atomic E-state index is 11.7. The second kappa shape index (κ2) is 8.79. The Balaban J connectivity index is 0.00000225. The molecule has 1 aliphatic rings. The number of halogens is 1. The first-order chi connectivity index (χ1) is 7.25. The molecule has 0 spiro atoms. The molecular formula is C11H23ClN2O2. The Morgan fingerprint density at radius 1 is 1.44 bits per heavy atom. The van der Waals surface area contributed by atoms with Gasteiger partial charge >= 0.3 is 0 Å². The van der Waals surface area contributed by atoms with E-state index in [2.05, 4.69) is 5.32 Å². The number of likely N-dealkylation sites (N-methyl/N-ethyl adjacent to an activating group) is 1. The van der Waals surface area contributed by atoms with E-state index in [-0.39, 0.29) is 24.9 Å². The van der Waals surface area contributed by atoms with Crippen LogP contribution in [0.1, 0.15) is 26.2 Å². The monoisotopic (exact) mass is 250 g/mol. The van der Waals surface area contributed by atoms with Gasteiger partial charge in [0.05, 0.1) is 0 Å². The average molecular weight is 251 g/mol. The van der Waals surface area contributed by atoms with Gasteiger partial charge in [-0.15, -0.1) is 12.4 Å². The highest BCUT2D eigenvalue weighted by Crippen LogP contribution is 2.11. The molecule has 1 saturated heterocycles. The summed E-state index contributed by atoms with van der Waals surface area (Å²) in [5.41, 5.74) is 0. The molecular weight excluding hydrogens is 228 g/mol. The first-order valence-electron chi connectivity index (χ1n) is 5.79. The number of amides is 1. The van der Waals surface area contributed by atoms with Crippen molar-refractivity contribution in [2.45, 2.75) is 32.2 Å². The summed E-state index contributed by atoms with van der Waals surface area (Å²) >= 11 is 0. The normalized spacial score (nSPS) is 20.8. The van der Waals surface area contributed by atoms with E-state index in [0.717, 1.165) is 32.4 Å². The fraction of sp³-hybridized carbons (Fsp3) is 0.909. The standard InChI is InChI=1S/C11H22N2O2.ClH/c1-3-15-9-11(14)13(2)10-5-4-7-12-8-6-10;/h10,12H,3-9H2,1-2H3;1H. The van der Waals surface area contributed by atoms with Crippen LogP contribution in [0.2, 0.25) is 0 Å². The Kier molecular flexibility index (Phi) is 8.61. The van der Waals surface area contributed by atoms with E-state index in [4.69, 9.17) is 4.74 Å². The predicted octanol–water partition coefficient (Wildman–Crippen LogP) is 1.05. The van der Waals surface area contributed by atoms with Gasteiger partial charge < -0.3 is 15.0 Å². The second-order valence-corrected chi connectivity index (χ2v) is 3.98.